The summed E-state index contributed by atoms with van der Waals surface area (Å²) in [5, 5.41) is 13.7. The Balaban J connectivity index is 2.38. The number of anilines is 2. The third-order valence-electron chi connectivity index (χ3n) is 2.10. The third-order valence-corrected chi connectivity index (χ3v) is 2.37. The Hall–Kier alpha value is -2.28. The van der Waals surface area contributed by atoms with E-state index in [9.17, 15) is 10.1 Å². The minimum absolute atomic E-state index is 0.144. The van der Waals surface area contributed by atoms with Crippen molar-refractivity contribution in [2.45, 2.75) is 5.88 Å². The topological polar surface area (TPSA) is 93.8 Å². The van der Waals surface area contributed by atoms with Gasteiger partial charge in [-0.05, 0) is 6.07 Å². The smallest absolute Gasteiger partial charge is 0.310 e. The molecule has 2 rings (SSSR count). The van der Waals surface area contributed by atoms with Crippen molar-refractivity contribution in [3.8, 4) is 0 Å². The molecule has 0 radical (unpaired) electrons. The van der Waals surface area contributed by atoms with Crippen molar-refractivity contribution in [2.24, 2.45) is 0 Å². The molecule has 0 saturated carbocycles. The van der Waals surface area contributed by atoms with E-state index in [0.717, 1.165) is 6.20 Å². The average Bonchev–Trinajstić information content (AvgIpc) is 2.39. The first kappa shape index (κ1) is 12.2. The highest BCUT2D eigenvalue weighted by Crippen LogP contribution is 2.26. The third kappa shape index (κ3) is 2.69. The molecule has 0 fully saturated rings. The Morgan fingerprint density at radius 1 is 1.33 bits per heavy atom. The van der Waals surface area contributed by atoms with Crippen molar-refractivity contribution in [3.05, 3.63) is 46.7 Å². The highest BCUT2D eigenvalue weighted by atomic mass is 35.5. The van der Waals surface area contributed by atoms with Crippen LogP contribution in [0.5, 0.6) is 0 Å². The van der Waals surface area contributed by atoms with Crippen LogP contribution in [0.4, 0.5) is 17.2 Å². The Kier molecular flexibility index (Phi) is 3.63. The number of hydrogen-bond acceptors (Lipinski definition) is 6. The number of halogens is 1. The van der Waals surface area contributed by atoms with Gasteiger partial charge in [-0.25, -0.2) is 4.98 Å². The first-order valence-corrected chi connectivity index (χ1v) is 5.46. The Morgan fingerprint density at radius 3 is 2.78 bits per heavy atom. The summed E-state index contributed by atoms with van der Waals surface area (Å²) in [5.74, 6) is 0.583. The van der Waals surface area contributed by atoms with Crippen molar-refractivity contribution in [3.63, 3.8) is 0 Å². The second kappa shape index (κ2) is 5.37. The van der Waals surface area contributed by atoms with E-state index < -0.39 is 4.92 Å². The molecule has 0 aromatic carbocycles. The lowest BCUT2D eigenvalue weighted by Gasteiger charge is -2.06. The molecule has 92 valence electrons. The van der Waals surface area contributed by atoms with Crippen LogP contribution in [-0.2, 0) is 5.88 Å². The number of nitrogens with zero attached hydrogens (tertiary/aromatic N) is 4. The van der Waals surface area contributed by atoms with Gasteiger partial charge in [0.15, 0.2) is 0 Å². The fourth-order valence-electron chi connectivity index (χ4n) is 1.31. The second-order valence-corrected chi connectivity index (χ2v) is 3.57. The molecule has 0 saturated heterocycles. The van der Waals surface area contributed by atoms with E-state index in [1.165, 1.54) is 24.7 Å². The lowest BCUT2D eigenvalue weighted by Crippen LogP contribution is -2.01. The molecule has 0 aliphatic carbocycles. The summed E-state index contributed by atoms with van der Waals surface area (Å²) in [6.07, 6.45) is 5.62. The summed E-state index contributed by atoms with van der Waals surface area (Å²) < 4.78 is 0. The van der Waals surface area contributed by atoms with E-state index >= 15 is 0 Å². The maximum atomic E-state index is 10.9. The van der Waals surface area contributed by atoms with Crippen LogP contribution in [0.15, 0.2) is 30.9 Å². The highest BCUT2D eigenvalue weighted by molar-refractivity contribution is 6.16. The fourth-order valence-corrected chi connectivity index (χ4v) is 1.46. The number of nitrogens with one attached hydrogen (secondary N) is 1. The van der Waals surface area contributed by atoms with Crippen LogP contribution in [0, 0.1) is 10.1 Å². The molecule has 0 bridgehead atoms. The van der Waals surface area contributed by atoms with Gasteiger partial charge in [-0.3, -0.25) is 20.1 Å². The maximum absolute atomic E-state index is 10.9. The molecule has 7 nitrogen and oxygen atoms in total. The maximum Gasteiger partial charge on any atom is 0.310 e. The molecule has 0 unspecified atom stereocenters. The van der Waals surface area contributed by atoms with Crippen molar-refractivity contribution >= 4 is 28.8 Å². The van der Waals surface area contributed by atoms with Gasteiger partial charge in [0.25, 0.3) is 0 Å². The fraction of sp³-hybridized carbons (Fsp3) is 0.100. The lowest BCUT2D eigenvalue weighted by atomic mass is 10.3. The normalized spacial score (nSPS) is 10.1. The Labute approximate surface area is 107 Å². The van der Waals surface area contributed by atoms with Gasteiger partial charge in [-0.1, -0.05) is 0 Å². The standard InChI is InChI=1S/C10H8ClN5O2/c11-4-7-3-8(9(5-14-7)16(17)18)15-10-6-12-1-2-13-10/h1-3,5-6H,4H2,(H,13,14,15). The minimum atomic E-state index is -0.524. The monoisotopic (exact) mass is 265 g/mol. The SMILES string of the molecule is O=[N+]([O-])c1cnc(CCl)cc1Nc1cnccn1. The summed E-state index contributed by atoms with van der Waals surface area (Å²) in [5.41, 5.74) is 0.675. The van der Waals surface area contributed by atoms with Crippen LogP contribution in [0.3, 0.4) is 0 Å². The van der Waals surface area contributed by atoms with Gasteiger partial charge < -0.3 is 5.32 Å². The van der Waals surface area contributed by atoms with E-state index in [1.807, 2.05) is 0 Å². The van der Waals surface area contributed by atoms with Crippen LogP contribution < -0.4 is 5.32 Å². The van der Waals surface area contributed by atoms with Crippen LogP contribution in [0.1, 0.15) is 5.69 Å². The molecule has 0 amide bonds. The molecule has 0 aliphatic rings. The summed E-state index contributed by atoms with van der Waals surface area (Å²) >= 11 is 5.65. The molecular weight excluding hydrogens is 258 g/mol. The van der Waals surface area contributed by atoms with Crippen LogP contribution in [0.25, 0.3) is 0 Å². The zero-order chi connectivity index (χ0) is 13.0. The molecule has 8 heteroatoms. The predicted molar refractivity (Wildman–Crippen MR) is 65.8 cm³/mol. The van der Waals surface area contributed by atoms with Crippen LogP contribution in [0.2, 0.25) is 0 Å². The van der Waals surface area contributed by atoms with E-state index in [-0.39, 0.29) is 17.3 Å². The van der Waals surface area contributed by atoms with Gasteiger partial charge in [-0.15, -0.1) is 11.6 Å². The number of nitro groups is 1. The largest absolute Gasteiger partial charge is 0.333 e. The molecule has 0 atom stereocenters. The molecule has 0 aliphatic heterocycles. The number of hydrogen-bond donors (Lipinski definition) is 1. The average molecular weight is 266 g/mol. The molecule has 2 aromatic heterocycles. The molecule has 2 aromatic rings. The van der Waals surface area contributed by atoms with Crippen molar-refractivity contribution < 1.29 is 4.92 Å². The molecular formula is C10H8ClN5O2. The second-order valence-electron chi connectivity index (χ2n) is 3.30. The summed E-state index contributed by atoms with van der Waals surface area (Å²) in [7, 11) is 0. The number of pyridine rings is 1. The zero-order valence-electron chi connectivity index (χ0n) is 9.08. The van der Waals surface area contributed by atoms with Crippen LogP contribution >= 0.6 is 11.6 Å². The van der Waals surface area contributed by atoms with Gasteiger partial charge in [0.05, 0.1) is 22.7 Å². The quantitative estimate of drug-likeness (QED) is 0.518. The van der Waals surface area contributed by atoms with Gasteiger partial charge in [0, 0.05) is 12.4 Å². The number of rotatable bonds is 4. The molecule has 18 heavy (non-hydrogen) atoms. The predicted octanol–water partition coefficient (Wildman–Crippen LogP) is 2.26. The molecule has 1 N–H and O–H groups in total. The van der Waals surface area contributed by atoms with Crippen molar-refractivity contribution in [1.29, 1.82) is 0 Å². The van der Waals surface area contributed by atoms with Gasteiger partial charge in [0.1, 0.15) is 17.7 Å². The van der Waals surface area contributed by atoms with Gasteiger partial charge >= 0.3 is 5.69 Å². The van der Waals surface area contributed by atoms with Crippen LogP contribution in [-0.4, -0.2) is 19.9 Å². The van der Waals surface area contributed by atoms with E-state index in [1.54, 1.807) is 0 Å². The number of alkyl halides is 1. The molecule has 2 heterocycles. The summed E-state index contributed by atoms with van der Waals surface area (Å²) in [6.45, 7) is 0. The van der Waals surface area contributed by atoms with E-state index in [2.05, 4.69) is 20.3 Å². The van der Waals surface area contributed by atoms with Gasteiger partial charge in [0.2, 0.25) is 0 Å². The minimum Gasteiger partial charge on any atom is -0.333 e. The molecule has 0 spiro atoms. The van der Waals surface area contributed by atoms with Gasteiger partial charge in [-0.2, -0.15) is 0 Å². The summed E-state index contributed by atoms with van der Waals surface area (Å²) in [6, 6.07) is 1.51. The van der Waals surface area contributed by atoms with E-state index in [0.29, 0.717) is 11.5 Å². The lowest BCUT2D eigenvalue weighted by molar-refractivity contribution is -0.384. The number of aromatic nitrogens is 3. The zero-order valence-corrected chi connectivity index (χ0v) is 9.83. The Morgan fingerprint density at radius 2 is 2.17 bits per heavy atom. The summed E-state index contributed by atoms with van der Waals surface area (Å²) in [4.78, 5) is 22.1. The Bertz CT molecular complexity index is 563. The first-order chi connectivity index (χ1) is 8.70. The van der Waals surface area contributed by atoms with E-state index in [4.69, 9.17) is 11.6 Å². The highest BCUT2D eigenvalue weighted by Gasteiger charge is 2.15. The van der Waals surface area contributed by atoms with Crippen molar-refractivity contribution in [2.75, 3.05) is 5.32 Å². The first-order valence-electron chi connectivity index (χ1n) is 4.93. The van der Waals surface area contributed by atoms with Crippen molar-refractivity contribution in [1.82, 2.24) is 15.0 Å².